The van der Waals surface area contributed by atoms with Gasteiger partial charge in [-0.05, 0) is 35.7 Å². The standard InChI is InChI=1S/C23H27F3N4O2/c1-2-18-7-3-4-9-20(18)28-21(31)16-29-10-12-30(13-11-29)22(32)27-15-17-6-5-8-19(14-17)23(24,25)26/h3-9,14H,2,10-13,15-16H2,1H3,(H,27,32)(H,28,31). The van der Waals surface area contributed by atoms with Crippen molar-refractivity contribution in [1.29, 1.82) is 0 Å². The van der Waals surface area contributed by atoms with E-state index >= 15 is 0 Å². The van der Waals surface area contributed by atoms with Gasteiger partial charge in [-0.3, -0.25) is 9.69 Å². The van der Waals surface area contributed by atoms with E-state index in [9.17, 15) is 22.8 Å². The van der Waals surface area contributed by atoms with Gasteiger partial charge < -0.3 is 15.5 Å². The van der Waals surface area contributed by atoms with Crippen molar-refractivity contribution in [2.45, 2.75) is 26.1 Å². The van der Waals surface area contributed by atoms with Crippen molar-refractivity contribution >= 4 is 17.6 Å². The number of carbonyl (C=O) groups excluding carboxylic acids is 2. The molecule has 172 valence electrons. The quantitative estimate of drug-likeness (QED) is 0.708. The minimum atomic E-state index is -4.42. The highest BCUT2D eigenvalue weighted by Crippen LogP contribution is 2.29. The molecule has 1 fully saturated rings. The zero-order chi connectivity index (χ0) is 23.1. The van der Waals surface area contributed by atoms with E-state index in [1.807, 2.05) is 36.1 Å². The number of hydrogen-bond acceptors (Lipinski definition) is 3. The third-order valence-electron chi connectivity index (χ3n) is 5.40. The lowest BCUT2D eigenvalue weighted by Gasteiger charge is -2.34. The first-order valence-electron chi connectivity index (χ1n) is 10.5. The van der Waals surface area contributed by atoms with Gasteiger partial charge in [-0.1, -0.05) is 37.3 Å². The summed E-state index contributed by atoms with van der Waals surface area (Å²) in [6.45, 7) is 4.24. The van der Waals surface area contributed by atoms with Crippen LogP contribution in [0.3, 0.4) is 0 Å². The van der Waals surface area contributed by atoms with Gasteiger partial charge in [0.25, 0.3) is 0 Å². The summed E-state index contributed by atoms with van der Waals surface area (Å²) in [5, 5.41) is 5.61. The van der Waals surface area contributed by atoms with Gasteiger partial charge >= 0.3 is 12.2 Å². The smallest absolute Gasteiger partial charge is 0.334 e. The fourth-order valence-corrected chi connectivity index (χ4v) is 3.60. The zero-order valence-corrected chi connectivity index (χ0v) is 17.9. The number of halogens is 3. The van der Waals surface area contributed by atoms with Gasteiger partial charge in [-0.15, -0.1) is 0 Å². The van der Waals surface area contributed by atoms with E-state index in [0.29, 0.717) is 31.7 Å². The van der Waals surface area contributed by atoms with Crippen LogP contribution in [0.15, 0.2) is 48.5 Å². The molecule has 0 spiro atoms. The molecule has 2 aromatic carbocycles. The van der Waals surface area contributed by atoms with Crippen LogP contribution in [0.1, 0.15) is 23.6 Å². The lowest BCUT2D eigenvalue weighted by atomic mass is 10.1. The van der Waals surface area contributed by atoms with Gasteiger partial charge in [0.1, 0.15) is 0 Å². The number of nitrogens with zero attached hydrogens (tertiary/aromatic N) is 2. The number of anilines is 1. The fraction of sp³-hybridized carbons (Fsp3) is 0.391. The fourth-order valence-electron chi connectivity index (χ4n) is 3.60. The molecule has 0 radical (unpaired) electrons. The van der Waals surface area contributed by atoms with Crippen LogP contribution in [0.25, 0.3) is 0 Å². The first-order valence-corrected chi connectivity index (χ1v) is 10.5. The lowest BCUT2D eigenvalue weighted by molar-refractivity contribution is -0.137. The molecular weight excluding hydrogens is 421 g/mol. The first-order chi connectivity index (χ1) is 15.3. The summed E-state index contributed by atoms with van der Waals surface area (Å²) < 4.78 is 38.4. The van der Waals surface area contributed by atoms with Crippen molar-refractivity contribution in [3.63, 3.8) is 0 Å². The maximum absolute atomic E-state index is 12.8. The van der Waals surface area contributed by atoms with Crippen molar-refractivity contribution < 1.29 is 22.8 Å². The molecule has 1 aliphatic rings. The Morgan fingerprint density at radius 3 is 2.41 bits per heavy atom. The van der Waals surface area contributed by atoms with Crippen LogP contribution in [0.5, 0.6) is 0 Å². The Morgan fingerprint density at radius 1 is 1.00 bits per heavy atom. The van der Waals surface area contributed by atoms with Crippen molar-refractivity contribution in [2.24, 2.45) is 0 Å². The molecule has 3 rings (SSSR count). The summed E-state index contributed by atoms with van der Waals surface area (Å²) in [6.07, 6.45) is -3.59. The maximum Gasteiger partial charge on any atom is 0.416 e. The number of carbonyl (C=O) groups is 2. The van der Waals surface area contributed by atoms with E-state index in [2.05, 4.69) is 10.6 Å². The van der Waals surface area contributed by atoms with Gasteiger partial charge in [0.2, 0.25) is 5.91 Å². The SMILES string of the molecule is CCc1ccccc1NC(=O)CN1CCN(C(=O)NCc2cccc(C(F)(F)F)c2)CC1. The normalized spacial score (nSPS) is 14.8. The Hall–Kier alpha value is -3.07. The minimum absolute atomic E-state index is 0.0161. The number of amides is 3. The Bertz CT molecular complexity index is 941. The number of alkyl halides is 3. The highest BCUT2D eigenvalue weighted by Gasteiger charge is 2.30. The Balaban J connectivity index is 1.43. The van der Waals surface area contributed by atoms with E-state index < -0.39 is 11.7 Å². The molecule has 2 aromatic rings. The molecule has 3 amide bonds. The number of urea groups is 1. The molecule has 0 unspecified atom stereocenters. The molecule has 1 heterocycles. The second-order valence-corrected chi connectivity index (χ2v) is 7.68. The molecule has 0 saturated carbocycles. The third kappa shape index (κ3) is 6.46. The number of rotatable bonds is 6. The minimum Gasteiger partial charge on any atom is -0.334 e. The molecule has 1 aliphatic heterocycles. The van der Waals surface area contributed by atoms with E-state index in [4.69, 9.17) is 0 Å². The highest BCUT2D eigenvalue weighted by molar-refractivity contribution is 5.93. The number of nitrogens with one attached hydrogen (secondary N) is 2. The van der Waals surface area contributed by atoms with Crippen LogP contribution in [-0.4, -0.2) is 54.5 Å². The first kappa shape index (κ1) is 23.6. The van der Waals surface area contributed by atoms with Gasteiger partial charge in [-0.25, -0.2) is 4.79 Å². The average Bonchev–Trinajstić information content (AvgIpc) is 2.78. The van der Waals surface area contributed by atoms with Crippen LogP contribution in [-0.2, 0) is 23.9 Å². The number of benzene rings is 2. The lowest BCUT2D eigenvalue weighted by Crippen LogP contribution is -2.52. The monoisotopic (exact) mass is 448 g/mol. The molecule has 9 heteroatoms. The van der Waals surface area contributed by atoms with Gasteiger partial charge in [0, 0.05) is 38.4 Å². The van der Waals surface area contributed by atoms with Crippen molar-refractivity contribution in [2.75, 3.05) is 38.0 Å². The van der Waals surface area contributed by atoms with Crippen molar-refractivity contribution in [1.82, 2.24) is 15.1 Å². The molecule has 1 saturated heterocycles. The molecule has 0 aromatic heterocycles. The van der Waals surface area contributed by atoms with E-state index in [0.717, 1.165) is 29.8 Å². The summed E-state index contributed by atoms with van der Waals surface area (Å²) >= 11 is 0. The Labute approximate surface area is 185 Å². The van der Waals surface area contributed by atoms with Crippen LogP contribution >= 0.6 is 0 Å². The van der Waals surface area contributed by atoms with Gasteiger partial charge in [0.05, 0.1) is 12.1 Å². The second kappa shape index (κ2) is 10.5. The molecule has 32 heavy (non-hydrogen) atoms. The summed E-state index contributed by atoms with van der Waals surface area (Å²) in [6, 6.07) is 12.3. The number of aryl methyl sites for hydroxylation is 1. The second-order valence-electron chi connectivity index (χ2n) is 7.68. The molecule has 0 bridgehead atoms. The van der Waals surface area contributed by atoms with Gasteiger partial charge in [-0.2, -0.15) is 13.2 Å². The highest BCUT2D eigenvalue weighted by atomic mass is 19.4. The molecular formula is C23H27F3N4O2. The van der Waals surface area contributed by atoms with E-state index in [1.54, 1.807) is 11.0 Å². The van der Waals surface area contributed by atoms with Crippen molar-refractivity contribution in [3.8, 4) is 0 Å². The third-order valence-corrected chi connectivity index (χ3v) is 5.40. The number of piperazine rings is 1. The molecule has 0 aliphatic carbocycles. The van der Waals surface area contributed by atoms with Crippen molar-refractivity contribution in [3.05, 3.63) is 65.2 Å². The predicted octanol–water partition coefficient (Wildman–Crippen LogP) is 3.73. The Morgan fingerprint density at radius 2 is 1.72 bits per heavy atom. The topological polar surface area (TPSA) is 64.7 Å². The van der Waals surface area contributed by atoms with Gasteiger partial charge in [0.15, 0.2) is 0 Å². The molecule has 2 N–H and O–H groups in total. The van der Waals surface area contributed by atoms with Crippen LogP contribution in [0.4, 0.5) is 23.7 Å². The average molecular weight is 448 g/mol. The Kier molecular flexibility index (Phi) is 7.74. The van der Waals surface area contributed by atoms with Crippen LogP contribution < -0.4 is 10.6 Å². The number of hydrogen-bond donors (Lipinski definition) is 2. The summed E-state index contributed by atoms with van der Waals surface area (Å²) in [7, 11) is 0. The predicted molar refractivity (Wildman–Crippen MR) is 116 cm³/mol. The maximum atomic E-state index is 12.8. The van der Waals surface area contributed by atoms with Crippen LogP contribution in [0, 0.1) is 0 Å². The summed E-state index contributed by atoms with van der Waals surface area (Å²) in [5.74, 6) is -0.103. The largest absolute Gasteiger partial charge is 0.416 e. The molecule has 6 nitrogen and oxygen atoms in total. The zero-order valence-electron chi connectivity index (χ0n) is 17.9. The van der Waals surface area contributed by atoms with Crippen LogP contribution in [0.2, 0.25) is 0 Å². The number of para-hydroxylation sites is 1. The summed E-state index contributed by atoms with van der Waals surface area (Å²) in [4.78, 5) is 28.4. The van der Waals surface area contributed by atoms with E-state index in [-0.39, 0.29) is 25.0 Å². The summed E-state index contributed by atoms with van der Waals surface area (Å²) in [5.41, 5.74) is 1.53. The molecule has 0 atom stereocenters. The van der Waals surface area contributed by atoms with E-state index in [1.165, 1.54) is 6.07 Å².